The molecule has 1 aromatic heterocycles. The second-order valence-corrected chi connectivity index (χ2v) is 6.95. The Morgan fingerprint density at radius 3 is 2.63 bits per heavy atom. The van der Waals surface area contributed by atoms with Gasteiger partial charge in [-0.3, -0.25) is 4.79 Å². The van der Waals surface area contributed by atoms with E-state index in [1.54, 1.807) is 0 Å². The highest BCUT2D eigenvalue weighted by atomic mass is 19.1. The number of carbonyl (C=O) groups is 2. The molecule has 1 aliphatic heterocycles. The molecule has 2 aromatic carbocycles. The number of nitrogens with one attached hydrogen (secondary N) is 1. The van der Waals surface area contributed by atoms with E-state index in [2.05, 4.69) is 4.98 Å². The van der Waals surface area contributed by atoms with Crippen molar-refractivity contribution in [2.45, 2.75) is 6.42 Å². The van der Waals surface area contributed by atoms with Crippen LogP contribution in [0.4, 0.5) is 4.39 Å². The Labute approximate surface area is 172 Å². The molecule has 4 rings (SSSR count). The Morgan fingerprint density at radius 2 is 1.87 bits per heavy atom. The van der Waals surface area contributed by atoms with E-state index >= 15 is 0 Å². The lowest BCUT2D eigenvalue weighted by Gasteiger charge is -2.18. The van der Waals surface area contributed by atoms with Crippen LogP contribution in [0.3, 0.4) is 0 Å². The fourth-order valence-corrected chi connectivity index (χ4v) is 3.58. The molecule has 0 radical (unpaired) electrons. The van der Waals surface area contributed by atoms with Gasteiger partial charge in [0.05, 0.1) is 17.9 Å². The van der Waals surface area contributed by atoms with Gasteiger partial charge in [-0.25, -0.2) is 9.18 Å². The lowest BCUT2D eigenvalue weighted by Crippen LogP contribution is -2.28. The van der Waals surface area contributed by atoms with E-state index in [1.807, 2.05) is 24.3 Å². The molecule has 3 aromatic rings. The first-order valence-corrected chi connectivity index (χ1v) is 9.63. The summed E-state index contributed by atoms with van der Waals surface area (Å²) >= 11 is 0. The molecule has 154 valence electrons. The largest absolute Gasteiger partial charge is 0.460 e. The summed E-state index contributed by atoms with van der Waals surface area (Å²) in [4.78, 5) is 30.6. The Morgan fingerprint density at radius 1 is 1.10 bits per heavy atom. The maximum absolute atomic E-state index is 13.2. The summed E-state index contributed by atoms with van der Waals surface area (Å²) in [5.41, 5.74) is 3.12. The maximum Gasteiger partial charge on any atom is 0.341 e. The number of fused-ring (bicyclic) bond motifs is 3. The average Bonchev–Trinajstić information content (AvgIpc) is 3.01. The summed E-state index contributed by atoms with van der Waals surface area (Å²) in [6.45, 7) is 0.755. The quantitative estimate of drug-likeness (QED) is 0.518. The van der Waals surface area contributed by atoms with E-state index in [0.717, 1.165) is 16.5 Å². The summed E-state index contributed by atoms with van der Waals surface area (Å²) in [7, 11) is 1.53. The normalized spacial score (nSPS) is 13.5. The third kappa shape index (κ3) is 3.84. The van der Waals surface area contributed by atoms with Gasteiger partial charge in [0.2, 0.25) is 0 Å². The highest BCUT2D eigenvalue weighted by Crippen LogP contribution is 2.31. The number of methoxy groups -OCH3 is 1. The molecule has 1 aliphatic rings. The predicted molar refractivity (Wildman–Crippen MR) is 110 cm³/mol. The average molecular weight is 408 g/mol. The number of amides is 1. The van der Waals surface area contributed by atoms with Crippen molar-refractivity contribution < 1.29 is 23.5 Å². The fourth-order valence-electron chi connectivity index (χ4n) is 3.58. The number of aromatic nitrogens is 1. The third-order valence-corrected chi connectivity index (χ3v) is 5.06. The van der Waals surface area contributed by atoms with E-state index in [-0.39, 0.29) is 24.7 Å². The summed E-state index contributed by atoms with van der Waals surface area (Å²) in [5.74, 6) is -1.27. The van der Waals surface area contributed by atoms with Crippen LogP contribution in [0.15, 0.2) is 54.7 Å². The molecule has 0 saturated carbocycles. The first-order valence-electron chi connectivity index (χ1n) is 9.63. The topological polar surface area (TPSA) is 71.6 Å². The number of halogens is 1. The number of carbonyl (C=O) groups excluding carboxylic acids is 2. The van der Waals surface area contributed by atoms with Crippen LogP contribution in [-0.4, -0.2) is 48.6 Å². The molecule has 2 heterocycles. The Hall–Kier alpha value is -3.45. The summed E-state index contributed by atoms with van der Waals surface area (Å²) in [6, 6.07) is 13.1. The van der Waals surface area contributed by atoms with Gasteiger partial charge < -0.3 is 19.4 Å². The predicted octanol–water partition coefficient (Wildman–Crippen LogP) is 3.54. The van der Waals surface area contributed by atoms with Crippen LogP contribution < -0.4 is 0 Å². The van der Waals surface area contributed by atoms with Crippen LogP contribution in [0.25, 0.3) is 16.5 Å². The zero-order valence-corrected chi connectivity index (χ0v) is 16.5. The smallest absolute Gasteiger partial charge is 0.341 e. The third-order valence-electron chi connectivity index (χ3n) is 5.06. The van der Waals surface area contributed by atoms with Gasteiger partial charge in [0.25, 0.3) is 5.91 Å². The van der Waals surface area contributed by atoms with E-state index in [0.29, 0.717) is 24.2 Å². The van der Waals surface area contributed by atoms with Crippen molar-refractivity contribution in [2.24, 2.45) is 0 Å². The monoisotopic (exact) mass is 408 g/mol. The van der Waals surface area contributed by atoms with Gasteiger partial charge in [-0.05, 0) is 42.3 Å². The van der Waals surface area contributed by atoms with E-state index in [9.17, 15) is 14.0 Å². The van der Waals surface area contributed by atoms with E-state index < -0.39 is 11.8 Å². The van der Waals surface area contributed by atoms with Crippen molar-refractivity contribution >= 4 is 28.4 Å². The number of rotatable bonds is 5. The number of aromatic amines is 1. The molecule has 0 spiro atoms. The molecule has 0 aliphatic carbocycles. The van der Waals surface area contributed by atoms with Gasteiger partial charge in [0.15, 0.2) is 0 Å². The van der Waals surface area contributed by atoms with Crippen LogP contribution >= 0.6 is 0 Å². The number of H-pyrrole nitrogens is 1. The number of hydrogen-bond donors (Lipinski definition) is 1. The lowest BCUT2D eigenvalue weighted by molar-refractivity contribution is -0.137. The van der Waals surface area contributed by atoms with Crippen molar-refractivity contribution in [3.63, 3.8) is 0 Å². The van der Waals surface area contributed by atoms with E-state index in [4.69, 9.17) is 9.47 Å². The Bertz CT molecular complexity index is 1120. The van der Waals surface area contributed by atoms with Crippen LogP contribution in [0, 0.1) is 5.82 Å². The Balaban J connectivity index is 1.73. The van der Waals surface area contributed by atoms with E-state index in [1.165, 1.54) is 42.5 Å². The second kappa shape index (κ2) is 8.51. The molecule has 0 saturated heterocycles. The summed E-state index contributed by atoms with van der Waals surface area (Å²) in [6.07, 6.45) is 2.07. The number of para-hydroxylation sites is 1. The maximum atomic E-state index is 13.2. The lowest BCUT2D eigenvalue weighted by atomic mass is 10.0. The molecule has 1 N–H and O–H groups in total. The molecule has 6 nitrogen and oxygen atoms in total. The molecule has 1 amide bonds. The van der Waals surface area contributed by atoms with Crippen LogP contribution in [0.5, 0.6) is 0 Å². The molecule has 0 unspecified atom stereocenters. The number of benzene rings is 2. The Kier molecular flexibility index (Phi) is 5.63. The molecular formula is C23H21FN2O4. The summed E-state index contributed by atoms with van der Waals surface area (Å²) < 4.78 is 23.5. The zero-order valence-electron chi connectivity index (χ0n) is 16.5. The number of nitrogens with zero attached hydrogens (tertiary/aromatic N) is 1. The molecule has 0 fully saturated rings. The molecule has 0 atom stereocenters. The SMILES string of the molecule is COCCOC(=O)C1=CN(C(=O)c2ccc(F)cc2)CCc2c1[nH]c1ccccc21. The highest BCUT2D eigenvalue weighted by molar-refractivity contribution is 6.18. The molecule has 30 heavy (non-hydrogen) atoms. The first kappa shape index (κ1) is 19.8. The van der Waals surface area contributed by atoms with Crippen molar-refractivity contribution in [1.82, 2.24) is 9.88 Å². The van der Waals surface area contributed by atoms with Gasteiger partial charge in [-0.2, -0.15) is 0 Å². The minimum Gasteiger partial charge on any atom is -0.460 e. The minimum atomic E-state index is -0.543. The van der Waals surface area contributed by atoms with Gasteiger partial charge in [0.1, 0.15) is 12.4 Å². The van der Waals surface area contributed by atoms with Gasteiger partial charge in [-0.15, -0.1) is 0 Å². The van der Waals surface area contributed by atoms with Crippen LogP contribution in [0.2, 0.25) is 0 Å². The van der Waals surface area contributed by atoms with Crippen molar-refractivity contribution in [3.05, 3.63) is 77.4 Å². The standard InChI is InChI=1S/C23H21FN2O4/c1-29-12-13-30-23(28)19-14-26(22(27)15-6-8-16(24)9-7-15)11-10-18-17-4-2-3-5-20(17)25-21(18)19/h2-9,14,25H,10-13H2,1H3. The van der Waals surface area contributed by atoms with Gasteiger partial charge in [0, 0.05) is 36.3 Å². The van der Waals surface area contributed by atoms with Crippen molar-refractivity contribution in [1.29, 1.82) is 0 Å². The summed E-state index contributed by atoms with van der Waals surface area (Å²) in [5, 5.41) is 0.999. The minimum absolute atomic E-state index is 0.105. The number of hydrogen-bond acceptors (Lipinski definition) is 4. The molecule has 0 bridgehead atoms. The fraction of sp³-hybridized carbons (Fsp3) is 0.217. The number of esters is 1. The number of ether oxygens (including phenoxy) is 2. The first-order chi connectivity index (χ1) is 14.6. The van der Waals surface area contributed by atoms with Gasteiger partial charge in [-0.1, -0.05) is 18.2 Å². The second-order valence-electron chi connectivity index (χ2n) is 6.95. The van der Waals surface area contributed by atoms with Gasteiger partial charge >= 0.3 is 5.97 Å². The zero-order chi connectivity index (χ0) is 21.1. The van der Waals surface area contributed by atoms with Crippen molar-refractivity contribution in [2.75, 3.05) is 26.9 Å². The molecular weight excluding hydrogens is 387 g/mol. The van der Waals surface area contributed by atoms with Crippen LogP contribution in [-0.2, 0) is 20.7 Å². The highest BCUT2D eigenvalue weighted by Gasteiger charge is 2.27. The molecule has 7 heteroatoms. The van der Waals surface area contributed by atoms with Crippen LogP contribution in [0.1, 0.15) is 21.6 Å². The van der Waals surface area contributed by atoms with Crippen molar-refractivity contribution in [3.8, 4) is 0 Å².